The van der Waals surface area contributed by atoms with Gasteiger partial charge in [0.25, 0.3) is 5.69 Å². The summed E-state index contributed by atoms with van der Waals surface area (Å²) in [7, 11) is 1.39. The van der Waals surface area contributed by atoms with Crippen LogP contribution in [0.2, 0.25) is 0 Å². The Morgan fingerprint density at radius 3 is 2.61 bits per heavy atom. The van der Waals surface area contributed by atoms with Crippen LogP contribution in [0.4, 0.5) is 11.4 Å². The number of rotatable bonds is 7. The van der Waals surface area contributed by atoms with Crippen molar-refractivity contribution in [2.45, 2.75) is 13.8 Å². The fourth-order valence-electron chi connectivity index (χ4n) is 1.78. The van der Waals surface area contributed by atoms with Crippen LogP contribution in [0.15, 0.2) is 18.2 Å². The molecule has 0 saturated carbocycles. The number of methoxy groups -OCH3 is 1. The lowest BCUT2D eigenvalue weighted by atomic mass is 10.2. The van der Waals surface area contributed by atoms with E-state index in [2.05, 4.69) is 5.32 Å². The van der Waals surface area contributed by atoms with Crippen LogP contribution in [0.1, 0.15) is 13.8 Å². The van der Waals surface area contributed by atoms with Gasteiger partial charge in [-0.2, -0.15) is 0 Å². The first-order valence-corrected chi connectivity index (χ1v) is 8.36. The molecule has 1 aromatic rings. The van der Waals surface area contributed by atoms with E-state index in [1.165, 1.54) is 37.1 Å². The minimum absolute atomic E-state index is 0.100. The number of carbonyl (C=O) groups excluding carboxylic acids is 1. The minimum Gasteiger partial charge on any atom is -0.494 e. The van der Waals surface area contributed by atoms with Crippen molar-refractivity contribution < 1.29 is 14.5 Å². The van der Waals surface area contributed by atoms with Gasteiger partial charge in [0.15, 0.2) is 0 Å². The highest BCUT2D eigenvalue weighted by atomic mass is 32.2. The predicted octanol–water partition coefficient (Wildman–Crippen LogP) is 2.90. The largest absolute Gasteiger partial charge is 0.494 e. The Hall–Kier alpha value is -1.87. The van der Waals surface area contributed by atoms with Gasteiger partial charge in [-0.1, -0.05) is 24.0 Å². The number of nitro benzene ring substituents is 1. The van der Waals surface area contributed by atoms with E-state index in [0.717, 1.165) is 13.1 Å². The number of thiocarbonyl (C=S) groups is 1. The summed E-state index contributed by atoms with van der Waals surface area (Å²) in [6.45, 7) is 5.58. The molecule has 1 aromatic carbocycles. The molecular formula is C14H19N3O4S2. The van der Waals surface area contributed by atoms with Gasteiger partial charge in [-0.25, -0.2) is 0 Å². The number of ether oxygens (including phenoxy) is 1. The maximum Gasteiger partial charge on any atom is 0.273 e. The molecule has 0 aromatic heterocycles. The highest BCUT2D eigenvalue weighted by Gasteiger charge is 2.14. The number of anilines is 1. The van der Waals surface area contributed by atoms with E-state index in [1.54, 1.807) is 0 Å². The smallest absolute Gasteiger partial charge is 0.273 e. The normalized spacial score (nSPS) is 10.0. The van der Waals surface area contributed by atoms with Crippen molar-refractivity contribution >= 4 is 45.6 Å². The van der Waals surface area contributed by atoms with Gasteiger partial charge in [0.05, 0.1) is 29.5 Å². The van der Waals surface area contributed by atoms with Gasteiger partial charge < -0.3 is 15.0 Å². The molecule has 1 amide bonds. The molecule has 0 heterocycles. The Morgan fingerprint density at radius 2 is 2.09 bits per heavy atom. The summed E-state index contributed by atoms with van der Waals surface area (Å²) in [5.41, 5.74) is 0.286. The molecule has 23 heavy (non-hydrogen) atoms. The average Bonchev–Trinajstić information content (AvgIpc) is 2.54. The number of hydrogen-bond donors (Lipinski definition) is 1. The first-order valence-electron chi connectivity index (χ1n) is 6.96. The molecule has 0 saturated heterocycles. The third-order valence-corrected chi connectivity index (χ3v) is 4.54. The zero-order valence-electron chi connectivity index (χ0n) is 13.2. The molecule has 0 fully saturated rings. The topological polar surface area (TPSA) is 84.7 Å². The monoisotopic (exact) mass is 357 g/mol. The summed E-state index contributed by atoms with van der Waals surface area (Å²) in [5.74, 6) is 0.149. The Bertz CT molecular complexity index is 591. The van der Waals surface area contributed by atoms with E-state index in [0.29, 0.717) is 10.0 Å². The summed E-state index contributed by atoms with van der Waals surface area (Å²) in [4.78, 5) is 24.2. The van der Waals surface area contributed by atoms with Crippen LogP contribution in [0.25, 0.3) is 0 Å². The molecule has 0 bridgehead atoms. The van der Waals surface area contributed by atoms with Gasteiger partial charge in [0.2, 0.25) is 5.91 Å². The van der Waals surface area contributed by atoms with Gasteiger partial charge in [-0.15, -0.1) is 0 Å². The van der Waals surface area contributed by atoms with Crippen molar-refractivity contribution in [2.75, 3.05) is 31.3 Å². The maximum atomic E-state index is 12.0. The van der Waals surface area contributed by atoms with Gasteiger partial charge in [0, 0.05) is 19.2 Å². The first-order chi connectivity index (χ1) is 10.9. The summed E-state index contributed by atoms with van der Waals surface area (Å²) in [6, 6.07) is 4.03. The van der Waals surface area contributed by atoms with Crippen LogP contribution >= 0.6 is 24.0 Å². The fraction of sp³-hybridized carbons (Fsp3) is 0.429. The lowest BCUT2D eigenvalue weighted by Gasteiger charge is -2.20. The lowest BCUT2D eigenvalue weighted by Crippen LogP contribution is -2.28. The molecule has 1 rings (SSSR count). The molecule has 7 nitrogen and oxygen atoms in total. The second-order valence-corrected chi connectivity index (χ2v) is 6.03. The van der Waals surface area contributed by atoms with Gasteiger partial charge in [0.1, 0.15) is 10.1 Å². The standard InChI is InChI=1S/C14H19N3O4S2/c1-4-16(5-2)14(22)23-9-13(18)15-11-7-6-10(17(19)20)8-12(11)21-3/h6-8H,4-5,9H2,1-3H3,(H,15,18). The Kier molecular flexibility index (Phi) is 7.76. The minimum atomic E-state index is -0.521. The summed E-state index contributed by atoms with van der Waals surface area (Å²) in [6.07, 6.45) is 0. The number of thioether (sulfide) groups is 1. The first kappa shape index (κ1) is 19.2. The molecule has 0 atom stereocenters. The molecular weight excluding hydrogens is 338 g/mol. The van der Waals surface area contributed by atoms with E-state index in [-0.39, 0.29) is 23.1 Å². The van der Waals surface area contributed by atoms with E-state index < -0.39 is 4.92 Å². The highest BCUT2D eigenvalue weighted by Crippen LogP contribution is 2.29. The third kappa shape index (κ3) is 5.68. The van der Waals surface area contributed by atoms with E-state index in [9.17, 15) is 14.9 Å². The van der Waals surface area contributed by atoms with Gasteiger partial charge in [-0.05, 0) is 19.9 Å². The molecule has 0 aliphatic rings. The number of nitrogens with one attached hydrogen (secondary N) is 1. The van der Waals surface area contributed by atoms with Crippen molar-refractivity contribution in [2.24, 2.45) is 0 Å². The molecule has 1 N–H and O–H groups in total. The number of benzene rings is 1. The van der Waals surface area contributed by atoms with Crippen molar-refractivity contribution in [3.8, 4) is 5.75 Å². The maximum absolute atomic E-state index is 12.0. The quantitative estimate of drug-likeness (QED) is 0.456. The number of nitro groups is 1. The molecule has 0 radical (unpaired) electrons. The number of nitrogens with zero attached hydrogens (tertiary/aromatic N) is 2. The van der Waals surface area contributed by atoms with Crippen molar-refractivity contribution in [3.63, 3.8) is 0 Å². The Labute approximate surface area is 144 Å². The molecule has 0 aliphatic carbocycles. The summed E-state index contributed by atoms with van der Waals surface area (Å²) in [5, 5.41) is 13.4. The van der Waals surface area contributed by atoms with E-state index in [1.807, 2.05) is 18.7 Å². The second kappa shape index (κ2) is 9.31. The zero-order chi connectivity index (χ0) is 17.4. The van der Waals surface area contributed by atoms with Crippen LogP contribution in [0.3, 0.4) is 0 Å². The molecule has 0 aliphatic heterocycles. The van der Waals surface area contributed by atoms with Crippen LogP contribution in [-0.2, 0) is 4.79 Å². The number of amides is 1. The number of non-ortho nitro benzene ring substituents is 1. The summed E-state index contributed by atoms with van der Waals surface area (Å²) >= 11 is 6.54. The molecule has 0 spiro atoms. The van der Waals surface area contributed by atoms with Crippen molar-refractivity contribution in [3.05, 3.63) is 28.3 Å². The second-order valence-electron chi connectivity index (χ2n) is 4.42. The number of carbonyl (C=O) groups is 1. The van der Waals surface area contributed by atoms with Crippen LogP contribution in [0, 0.1) is 10.1 Å². The highest BCUT2D eigenvalue weighted by molar-refractivity contribution is 8.23. The van der Waals surface area contributed by atoms with Gasteiger partial charge in [-0.3, -0.25) is 14.9 Å². The third-order valence-electron chi connectivity index (χ3n) is 3.02. The Balaban J connectivity index is 2.67. The fourth-order valence-corrected chi connectivity index (χ4v) is 2.99. The summed E-state index contributed by atoms with van der Waals surface area (Å²) < 4.78 is 5.74. The van der Waals surface area contributed by atoms with E-state index >= 15 is 0 Å². The zero-order valence-corrected chi connectivity index (χ0v) is 14.8. The number of hydrogen-bond acceptors (Lipinski definition) is 6. The predicted molar refractivity (Wildman–Crippen MR) is 96.3 cm³/mol. The van der Waals surface area contributed by atoms with Crippen molar-refractivity contribution in [1.82, 2.24) is 4.90 Å². The van der Waals surface area contributed by atoms with E-state index in [4.69, 9.17) is 17.0 Å². The van der Waals surface area contributed by atoms with Gasteiger partial charge >= 0.3 is 0 Å². The lowest BCUT2D eigenvalue weighted by molar-refractivity contribution is -0.384. The van der Waals surface area contributed by atoms with Crippen LogP contribution in [0.5, 0.6) is 5.75 Å². The SMILES string of the molecule is CCN(CC)C(=S)SCC(=O)Nc1ccc([N+](=O)[O-])cc1OC. The van der Waals surface area contributed by atoms with Crippen LogP contribution in [-0.4, -0.2) is 46.0 Å². The van der Waals surface area contributed by atoms with Crippen LogP contribution < -0.4 is 10.1 Å². The average molecular weight is 357 g/mol. The Morgan fingerprint density at radius 1 is 1.43 bits per heavy atom. The molecule has 0 unspecified atom stereocenters. The van der Waals surface area contributed by atoms with Crippen molar-refractivity contribution in [1.29, 1.82) is 0 Å². The molecule has 9 heteroatoms. The molecule has 126 valence electrons.